The molecule has 2 aliphatic rings. The molecule has 0 saturated carbocycles. The van der Waals surface area contributed by atoms with Crippen molar-refractivity contribution in [1.82, 2.24) is 10.2 Å². The number of fused-ring (bicyclic) bond motifs is 3. The molecule has 8 heteroatoms. The van der Waals surface area contributed by atoms with Crippen LogP contribution < -0.4 is 5.32 Å². The molecule has 2 N–H and O–H groups in total. The van der Waals surface area contributed by atoms with E-state index in [0.717, 1.165) is 0 Å². The summed E-state index contributed by atoms with van der Waals surface area (Å²) in [6.45, 7) is 1.23. The Morgan fingerprint density at radius 3 is 2.26 bits per heavy atom. The van der Waals surface area contributed by atoms with E-state index in [1.807, 2.05) is 24.3 Å². The summed E-state index contributed by atoms with van der Waals surface area (Å²) < 4.78 is 5.48. The lowest BCUT2D eigenvalue weighted by Gasteiger charge is -2.36. The zero-order valence-electron chi connectivity index (χ0n) is 17.0. The van der Waals surface area contributed by atoms with Gasteiger partial charge in [0.2, 0.25) is 5.91 Å². The normalized spacial score (nSPS) is 15.0. The monoisotopic (exact) mass is 440 g/mol. The molecular weight excluding hydrogens is 416 g/mol. The fraction of sp³-hybridized carbons (Fsp3) is 0.348. The average Bonchev–Trinajstić information content (AvgIpc) is 3.04. The van der Waals surface area contributed by atoms with E-state index in [1.54, 1.807) is 4.90 Å². The largest absolute Gasteiger partial charge is 0.481 e. The number of benzene rings is 2. The second kappa shape index (κ2) is 9.43. The van der Waals surface area contributed by atoms with Gasteiger partial charge < -0.3 is 20.1 Å². The molecule has 0 spiro atoms. The lowest BCUT2D eigenvalue weighted by molar-refractivity contribution is -0.151. The Hall–Kier alpha value is -3.00. The average molecular weight is 441 g/mol. The van der Waals surface area contributed by atoms with Gasteiger partial charge in [0.15, 0.2) is 0 Å². The van der Waals surface area contributed by atoms with Crippen molar-refractivity contribution in [2.45, 2.75) is 5.92 Å². The smallest absolute Gasteiger partial charge is 0.407 e. The predicted molar refractivity (Wildman–Crippen MR) is 118 cm³/mol. The molecule has 1 heterocycles. The Balaban J connectivity index is 1.16. The number of rotatable bonds is 8. The number of nitrogens with zero attached hydrogens (tertiary/aromatic N) is 1. The number of carboxylic acid groups (broad SMARTS) is 1. The Morgan fingerprint density at radius 2 is 1.65 bits per heavy atom. The number of hydrogen-bond acceptors (Lipinski definition) is 5. The highest BCUT2D eigenvalue weighted by Crippen LogP contribution is 2.44. The van der Waals surface area contributed by atoms with Gasteiger partial charge in [-0.1, -0.05) is 48.5 Å². The van der Waals surface area contributed by atoms with Gasteiger partial charge >= 0.3 is 12.1 Å². The van der Waals surface area contributed by atoms with Crippen LogP contribution in [0.4, 0.5) is 4.79 Å². The van der Waals surface area contributed by atoms with Crippen LogP contribution in [0.25, 0.3) is 11.1 Å². The Kier molecular flexibility index (Phi) is 6.46. The summed E-state index contributed by atoms with van der Waals surface area (Å²) in [4.78, 5) is 36.4. The van der Waals surface area contributed by atoms with E-state index in [0.29, 0.717) is 12.3 Å². The fourth-order valence-corrected chi connectivity index (χ4v) is 4.71. The molecule has 2 aromatic carbocycles. The third-order valence-corrected chi connectivity index (χ3v) is 6.61. The minimum Gasteiger partial charge on any atom is -0.481 e. The van der Waals surface area contributed by atoms with Gasteiger partial charge in [-0.3, -0.25) is 9.59 Å². The predicted octanol–water partition coefficient (Wildman–Crippen LogP) is 2.80. The summed E-state index contributed by atoms with van der Waals surface area (Å²) in [5.74, 6) is -0.488. The highest BCUT2D eigenvalue weighted by Gasteiger charge is 2.35. The van der Waals surface area contributed by atoms with E-state index in [9.17, 15) is 14.4 Å². The number of thioether (sulfide) groups is 1. The highest BCUT2D eigenvalue weighted by molar-refractivity contribution is 7.99. The van der Waals surface area contributed by atoms with Gasteiger partial charge in [0.05, 0.1) is 11.7 Å². The minimum atomic E-state index is -0.857. The first-order valence-corrected chi connectivity index (χ1v) is 11.4. The van der Waals surface area contributed by atoms with Crippen molar-refractivity contribution >= 4 is 29.7 Å². The number of aliphatic carboxylic acids is 1. The van der Waals surface area contributed by atoms with Gasteiger partial charge in [-0.2, -0.15) is 11.8 Å². The molecule has 0 bridgehead atoms. The molecule has 162 valence electrons. The fourth-order valence-electron chi connectivity index (χ4n) is 3.96. The molecule has 1 aliphatic carbocycles. The van der Waals surface area contributed by atoms with Crippen LogP contribution in [0.2, 0.25) is 0 Å². The molecule has 1 saturated heterocycles. The first-order chi connectivity index (χ1) is 15.0. The summed E-state index contributed by atoms with van der Waals surface area (Å²) >= 11 is 1.41. The van der Waals surface area contributed by atoms with Crippen molar-refractivity contribution in [3.63, 3.8) is 0 Å². The second-order valence-electron chi connectivity index (χ2n) is 7.64. The molecule has 2 amide bonds. The number of carbonyl (C=O) groups is 3. The standard InChI is InChI=1S/C23H24N2O5S/c26-21(25-11-15(12-25)22(27)28)14-31-10-9-24-23(29)30-13-20-18-7-3-1-5-16(18)17-6-2-4-8-19(17)20/h1-8,15,20H,9-14H2,(H,24,29)(H,27,28). The Morgan fingerprint density at radius 1 is 1.03 bits per heavy atom. The molecular formula is C23H24N2O5S. The Labute approximate surface area is 184 Å². The lowest BCUT2D eigenvalue weighted by atomic mass is 9.98. The van der Waals surface area contributed by atoms with Crippen molar-refractivity contribution < 1.29 is 24.2 Å². The van der Waals surface area contributed by atoms with Gasteiger partial charge in [-0.25, -0.2) is 4.79 Å². The van der Waals surface area contributed by atoms with Crippen LogP contribution in [-0.4, -0.2) is 65.7 Å². The van der Waals surface area contributed by atoms with Crippen LogP contribution in [0, 0.1) is 5.92 Å². The third-order valence-electron chi connectivity index (χ3n) is 5.67. The number of carbonyl (C=O) groups excluding carboxylic acids is 2. The van der Waals surface area contributed by atoms with Crippen LogP contribution in [-0.2, 0) is 14.3 Å². The van der Waals surface area contributed by atoms with Crippen molar-refractivity contribution in [1.29, 1.82) is 0 Å². The molecule has 4 rings (SSSR count). The molecule has 1 aliphatic heterocycles. The van der Waals surface area contributed by atoms with Crippen LogP contribution >= 0.6 is 11.8 Å². The first-order valence-electron chi connectivity index (χ1n) is 10.2. The van der Waals surface area contributed by atoms with Gasteiger partial charge in [0, 0.05) is 31.3 Å². The number of alkyl carbamates (subject to hydrolysis) is 1. The number of amides is 2. The van der Waals surface area contributed by atoms with Crippen molar-refractivity contribution in [2.75, 3.05) is 37.7 Å². The van der Waals surface area contributed by atoms with Crippen molar-refractivity contribution in [3.8, 4) is 11.1 Å². The van der Waals surface area contributed by atoms with E-state index in [1.165, 1.54) is 34.0 Å². The van der Waals surface area contributed by atoms with Gasteiger partial charge in [-0.05, 0) is 22.3 Å². The van der Waals surface area contributed by atoms with Gasteiger partial charge in [-0.15, -0.1) is 0 Å². The van der Waals surface area contributed by atoms with Crippen molar-refractivity contribution in [2.24, 2.45) is 5.92 Å². The molecule has 0 atom stereocenters. The highest BCUT2D eigenvalue weighted by atomic mass is 32.2. The van der Waals surface area contributed by atoms with E-state index >= 15 is 0 Å². The molecule has 1 fully saturated rings. The van der Waals surface area contributed by atoms with E-state index in [4.69, 9.17) is 9.84 Å². The molecule has 7 nitrogen and oxygen atoms in total. The maximum absolute atomic E-state index is 12.1. The minimum absolute atomic E-state index is 0.0244. The molecule has 2 aromatic rings. The number of ether oxygens (including phenoxy) is 1. The zero-order chi connectivity index (χ0) is 21.8. The first kappa shape index (κ1) is 21.2. The number of nitrogens with one attached hydrogen (secondary N) is 1. The van der Waals surface area contributed by atoms with Crippen LogP contribution in [0.1, 0.15) is 17.0 Å². The number of carboxylic acids is 1. The Bertz CT molecular complexity index is 944. The molecule has 0 radical (unpaired) electrons. The van der Waals surface area contributed by atoms with Gasteiger partial charge in [0.1, 0.15) is 6.61 Å². The molecule has 0 unspecified atom stereocenters. The summed E-state index contributed by atoms with van der Waals surface area (Å²) in [5, 5.41) is 11.6. The maximum Gasteiger partial charge on any atom is 0.407 e. The SMILES string of the molecule is O=C(NCCSCC(=O)N1CC(C(=O)O)C1)OCC1c2ccccc2-c2ccccc21. The number of likely N-dealkylation sites (tertiary alicyclic amines) is 1. The zero-order valence-corrected chi connectivity index (χ0v) is 17.8. The van der Waals surface area contributed by atoms with E-state index < -0.39 is 18.0 Å². The van der Waals surface area contributed by atoms with Crippen LogP contribution in [0.3, 0.4) is 0 Å². The van der Waals surface area contributed by atoms with Crippen LogP contribution in [0.5, 0.6) is 0 Å². The number of hydrogen-bond donors (Lipinski definition) is 2. The van der Waals surface area contributed by atoms with Crippen LogP contribution in [0.15, 0.2) is 48.5 Å². The topological polar surface area (TPSA) is 95.9 Å². The summed E-state index contributed by atoms with van der Waals surface area (Å²) in [6, 6.07) is 16.4. The maximum atomic E-state index is 12.1. The lowest BCUT2D eigenvalue weighted by Crippen LogP contribution is -2.53. The van der Waals surface area contributed by atoms with E-state index in [-0.39, 0.29) is 37.3 Å². The van der Waals surface area contributed by atoms with E-state index in [2.05, 4.69) is 29.6 Å². The quantitative estimate of drug-likeness (QED) is 0.613. The van der Waals surface area contributed by atoms with Crippen molar-refractivity contribution in [3.05, 3.63) is 59.7 Å². The summed E-state index contributed by atoms with van der Waals surface area (Å²) in [7, 11) is 0. The third kappa shape index (κ3) is 4.69. The molecule has 0 aromatic heterocycles. The van der Waals surface area contributed by atoms with Gasteiger partial charge in [0.25, 0.3) is 0 Å². The summed E-state index contributed by atoms with van der Waals surface area (Å²) in [5.41, 5.74) is 4.71. The summed E-state index contributed by atoms with van der Waals surface area (Å²) in [6.07, 6.45) is -0.471. The second-order valence-corrected chi connectivity index (χ2v) is 8.74. The molecule has 31 heavy (non-hydrogen) atoms.